The molecule has 1 rings (SSSR count). The first kappa shape index (κ1) is 13.8. The maximum atomic E-state index is 9.94. The highest BCUT2D eigenvalue weighted by molar-refractivity contribution is 5.68. The van der Waals surface area contributed by atoms with E-state index in [-0.39, 0.29) is 5.41 Å². The van der Waals surface area contributed by atoms with Crippen LogP contribution in [0.5, 0.6) is 5.75 Å². The quantitative estimate of drug-likeness (QED) is 0.780. The molecule has 0 heterocycles. The third kappa shape index (κ3) is 3.12. The minimum Gasteiger partial charge on any atom is -0.508 e. The Kier molecular flexibility index (Phi) is 4.03. The van der Waals surface area contributed by atoms with E-state index < -0.39 is 0 Å². The number of hydrogen-bond acceptors (Lipinski definition) is 1. The average Bonchev–Trinajstić information content (AvgIpc) is 2.19. The molecule has 1 N–H and O–H groups in total. The fourth-order valence-corrected chi connectivity index (χ4v) is 2.15. The van der Waals surface area contributed by atoms with Crippen molar-refractivity contribution in [1.29, 1.82) is 0 Å². The van der Waals surface area contributed by atoms with Crippen LogP contribution in [0, 0.1) is 5.92 Å². The van der Waals surface area contributed by atoms with Crippen LogP contribution in [0.1, 0.15) is 52.7 Å². The molecule has 0 spiro atoms. The lowest BCUT2D eigenvalue weighted by Crippen LogP contribution is -2.12. The van der Waals surface area contributed by atoms with E-state index in [4.69, 9.17) is 0 Å². The molecule has 94 valence electrons. The standard InChI is InChI=1S/C16H24O/c1-7-13(11(2)3)12-8-9-15(17)14(10-12)16(4,5)6/h7-11,17H,1-6H3. The molecule has 0 saturated heterocycles. The molecule has 0 aliphatic carbocycles. The van der Waals surface area contributed by atoms with Gasteiger partial charge in [-0.3, -0.25) is 0 Å². The van der Waals surface area contributed by atoms with Crippen molar-refractivity contribution in [3.63, 3.8) is 0 Å². The summed E-state index contributed by atoms with van der Waals surface area (Å²) in [5, 5.41) is 9.94. The molecule has 0 amide bonds. The number of aromatic hydroxyl groups is 1. The van der Waals surface area contributed by atoms with Gasteiger partial charge in [0.05, 0.1) is 0 Å². The highest BCUT2D eigenvalue weighted by Crippen LogP contribution is 2.34. The van der Waals surface area contributed by atoms with Gasteiger partial charge in [0.15, 0.2) is 0 Å². The first-order valence-electron chi connectivity index (χ1n) is 6.27. The molecule has 0 fully saturated rings. The van der Waals surface area contributed by atoms with Crippen LogP contribution >= 0.6 is 0 Å². The summed E-state index contributed by atoms with van der Waals surface area (Å²) in [4.78, 5) is 0. The fraction of sp³-hybridized carbons (Fsp3) is 0.500. The lowest BCUT2D eigenvalue weighted by atomic mass is 9.83. The predicted octanol–water partition coefficient (Wildman–Crippen LogP) is 4.75. The number of rotatable bonds is 2. The maximum Gasteiger partial charge on any atom is 0.119 e. The second-order valence-corrected chi connectivity index (χ2v) is 5.88. The van der Waals surface area contributed by atoms with Gasteiger partial charge in [0.1, 0.15) is 5.75 Å². The topological polar surface area (TPSA) is 20.2 Å². The van der Waals surface area contributed by atoms with Crippen LogP contribution in [0.4, 0.5) is 0 Å². The molecule has 1 aromatic rings. The first-order valence-corrected chi connectivity index (χ1v) is 6.27. The maximum absolute atomic E-state index is 9.94. The summed E-state index contributed by atoms with van der Waals surface area (Å²) in [5.41, 5.74) is 3.52. The summed E-state index contributed by atoms with van der Waals surface area (Å²) in [6.45, 7) is 12.8. The minimum absolute atomic E-state index is 0.0318. The molecule has 0 aliphatic rings. The van der Waals surface area contributed by atoms with Gasteiger partial charge >= 0.3 is 0 Å². The molecule has 1 nitrogen and oxygen atoms in total. The molecule has 0 saturated carbocycles. The SMILES string of the molecule is CC=C(c1ccc(O)c(C(C)(C)C)c1)C(C)C. The molecule has 0 radical (unpaired) electrons. The Balaban J connectivity index is 3.31. The normalized spacial score (nSPS) is 13.2. The van der Waals surface area contributed by atoms with Gasteiger partial charge in [-0.25, -0.2) is 0 Å². The van der Waals surface area contributed by atoms with Gasteiger partial charge in [-0.2, -0.15) is 0 Å². The fourth-order valence-electron chi connectivity index (χ4n) is 2.15. The van der Waals surface area contributed by atoms with Gasteiger partial charge in [0.25, 0.3) is 0 Å². The molecular formula is C16H24O. The van der Waals surface area contributed by atoms with Crippen LogP contribution in [-0.2, 0) is 5.41 Å². The second kappa shape index (κ2) is 4.95. The summed E-state index contributed by atoms with van der Waals surface area (Å²) in [6, 6.07) is 5.92. The lowest BCUT2D eigenvalue weighted by Gasteiger charge is -2.22. The first-order chi connectivity index (χ1) is 7.77. The van der Waals surface area contributed by atoms with E-state index in [9.17, 15) is 5.11 Å². The van der Waals surface area contributed by atoms with Crippen LogP contribution in [0.15, 0.2) is 24.3 Å². The van der Waals surface area contributed by atoms with Crippen LogP contribution in [-0.4, -0.2) is 5.11 Å². The summed E-state index contributed by atoms with van der Waals surface area (Å²) in [6.07, 6.45) is 2.16. The number of phenolic OH excluding ortho intramolecular Hbond substituents is 1. The Morgan fingerprint density at radius 3 is 2.24 bits per heavy atom. The van der Waals surface area contributed by atoms with Crippen molar-refractivity contribution in [2.24, 2.45) is 5.92 Å². The summed E-state index contributed by atoms with van der Waals surface area (Å²) in [7, 11) is 0. The van der Waals surface area contributed by atoms with Gasteiger partial charge in [-0.15, -0.1) is 0 Å². The molecule has 0 aliphatic heterocycles. The van der Waals surface area contributed by atoms with Crippen LogP contribution < -0.4 is 0 Å². The largest absolute Gasteiger partial charge is 0.508 e. The van der Waals surface area contributed by atoms with Crippen LogP contribution in [0.3, 0.4) is 0 Å². The van der Waals surface area contributed by atoms with Gasteiger partial charge in [0, 0.05) is 0 Å². The Bertz CT molecular complexity index is 420. The number of phenols is 1. The second-order valence-electron chi connectivity index (χ2n) is 5.88. The zero-order valence-electron chi connectivity index (χ0n) is 11.8. The van der Waals surface area contributed by atoms with E-state index in [2.05, 4.69) is 53.7 Å². The van der Waals surface area contributed by atoms with Crippen molar-refractivity contribution in [1.82, 2.24) is 0 Å². The molecule has 0 atom stereocenters. The van der Waals surface area contributed by atoms with E-state index in [1.165, 1.54) is 11.1 Å². The number of hydrogen-bond donors (Lipinski definition) is 1. The summed E-state index contributed by atoms with van der Waals surface area (Å²) < 4.78 is 0. The Morgan fingerprint density at radius 2 is 1.82 bits per heavy atom. The van der Waals surface area contributed by atoms with Crippen molar-refractivity contribution in [3.8, 4) is 5.75 Å². The zero-order chi connectivity index (χ0) is 13.2. The molecule has 0 unspecified atom stereocenters. The highest BCUT2D eigenvalue weighted by atomic mass is 16.3. The van der Waals surface area contributed by atoms with E-state index in [0.717, 1.165) is 5.56 Å². The molecule has 0 aromatic heterocycles. The van der Waals surface area contributed by atoms with Crippen LogP contribution in [0.25, 0.3) is 5.57 Å². The van der Waals surface area contributed by atoms with E-state index >= 15 is 0 Å². The van der Waals surface area contributed by atoms with E-state index in [1.807, 2.05) is 12.1 Å². The van der Waals surface area contributed by atoms with Gasteiger partial charge in [-0.05, 0) is 47.1 Å². The monoisotopic (exact) mass is 232 g/mol. The molecule has 17 heavy (non-hydrogen) atoms. The Morgan fingerprint density at radius 1 is 1.24 bits per heavy atom. The van der Waals surface area contributed by atoms with Gasteiger partial charge in [0.2, 0.25) is 0 Å². The smallest absolute Gasteiger partial charge is 0.119 e. The van der Waals surface area contributed by atoms with E-state index in [0.29, 0.717) is 11.7 Å². The van der Waals surface area contributed by atoms with Gasteiger partial charge < -0.3 is 5.11 Å². The minimum atomic E-state index is -0.0318. The van der Waals surface area contributed by atoms with Crippen molar-refractivity contribution in [2.75, 3.05) is 0 Å². The predicted molar refractivity (Wildman–Crippen MR) is 75.3 cm³/mol. The van der Waals surface area contributed by atoms with Crippen molar-refractivity contribution < 1.29 is 5.11 Å². The third-order valence-electron chi connectivity index (χ3n) is 3.07. The molecule has 1 heteroatoms. The van der Waals surface area contributed by atoms with Gasteiger partial charge in [-0.1, -0.05) is 46.8 Å². The molecular weight excluding hydrogens is 208 g/mol. The van der Waals surface area contributed by atoms with E-state index in [1.54, 1.807) is 0 Å². The van der Waals surface area contributed by atoms with Crippen LogP contribution in [0.2, 0.25) is 0 Å². The summed E-state index contributed by atoms with van der Waals surface area (Å²) in [5.74, 6) is 0.887. The number of benzene rings is 1. The van der Waals surface area contributed by atoms with Crippen molar-refractivity contribution >= 4 is 5.57 Å². The third-order valence-corrected chi connectivity index (χ3v) is 3.07. The highest BCUT2D eigenvalue weighted by Gasteiger charge is 2.19. The summed E-state index contributed by atoms with van der Waals surface area (Å²) >= 11 is 0. The Hall–Kier alpha value is -1.24. The lowest BCUT2D eigenvalue weighted by molar-refractivity contribution is 0.446. The Labute approximate surface area is 105 Å². The zero-order valence-corrected chi connectivity index (χ0v) is 11.8. The molecule has 0 bridgehead atoms. The average molecular weight is 232 g/mol. The molecule has 1 aromatic carbocycles. The van der Waals surface area contributed by atoms with Crippen molar-refractivity contribution in [3.05, 3.63) is 35.4 Å². The van der Waals surface area contributed by atoms with Crippen molar-refractivity contribution in [2.45, 2.75) is 47.0 Å². The number of allylic oxidation sites excluding steroid dienone is 2.